The van der Waals surface area contributed by atoms with E-state index < -0.39 is 28.6 Å². The molecule has 0 spiro atoms. The summed E-state index contributed by atoms with van der Waals surface area (Å²) in [6, 6.07) is 6.58. The smallest absolute Gasteiger partial charge is 0.193 e. The van der Waals surface area contributed by atoms with Gasteiger partial charge in [-0.25, -0.2) is 0 Å². The quantitative estimate of drug-likeness (QED) is 0.244. The van der Waals surface area contributed by atoms with Crippen molar-refractivity contribution in [1.29, 1.82) is 0 Å². The van der Waals surface area contributed by atoms with E-state index in [0.29, 0.717) is 6.42 Å². The average Bonchev–Trinajstić information content (AvgIpc) is 3.40. The van der Waals surface area contributed by atoms with Crippen molar-refractivity contribution in [3.63, 3.8) is 0 Å². The Morgan fingerprint density at radius 1 is 0.846 bits per heavy atom. The molecule has 2 N–H and O–H groups in total. The monoisotopic (exact) mass is 560 g/mol. The number of hydrogen-bond donors (Lipinski definition) is 2. The lowest BCUT2D eigenvalue weighted by Crippen LogP contribution is -2.44. The highest BCUT2D eigenvalue weighted by Gasteiger charge is 2.50. The molecule has 1 fully saturated rings. The fourth-order valence-corrected chi connectivity index (χ4v) is 7.34. The Bertz CT molecular complexity index is 1230. The van der Waals surface area contributed by atoms with Crippen molar-refractivity contribution in [1.82, 2.24) is 0 Å². The van der Waals surface area contributed by atoms with Crippen LogP contribution in [0.5, 0.6) is 0 Å². The van der Waals surface area contributed by atoms with E-state index in [1.54, 1.807) is 0 Å². The molecule has 0 radical (unpaired) electrons. The van der Waals surface area contributed by atoms with Crippen molar-refractivity contribution in [2.45, 2.75) is 104 Å². The van der Waals surface area contributed by atoms with E-state index in [-0.39, 0.29) is 34.8 Å². The summed E-state index contributed by atoms with van der Waals surface area (Å²) in [6.07, 6.45) is 4.14. The van der Waals surface area contributed by atoms with Crippen LogP contribution >= 0.6 is 0 Å². The zero-order valence-electron chi connectivity index (χ0n) is 25.6. The van der Waals surface area contributed by atoms with E-state index in [2.05, 4.69) is 133 Å². The highest BCUT2D eigenvalue weighted by molar-refractivity contribution is 6.83. The zero-order chi connectivity index (χ0) is 29.2. The SMILES string of the molecule is Cc1cc(C)cc(C[C@H](C#CC#CC(O)[C@H]2C3C=C[C@H](C3)[C@H]2C(O)C#C[Si](C)(C)C)O[Si](C)(C)C(C)(C)C)c1. The van der Waals surface area contributed by atoms with Gasteiger partial charge >= 0.3 is 0 Å². The molecule has 0 saturated heterocycles. The molecular weight excluding hydrogens is 513 g/mol. The Morgan fingerprint density at radius 3 is 1.87 bits per heavy atom. The maximum absolute atomic E-state index is 11.1. The molecule has 210 valence electrons. The predicted octanol–water partition coefficient (Wildman–Crippen LogP) is 6.28. The molecule has 0 aliphatic heterocycles. The minimum Gasteiger partial charge on any atom is -0.403 e. The van der Waals surface area contributed by atoms with Crippen LogP contribution in [-0.2, 0) is 10.8 Å². The second-order valence-electron chi connectivity index (χ2n) is 14.1. The molecule has 1 saturated carbocycles. The summed E-state index contributed by atoms with van der Waals surface area (Å²) in [5, 5.41) is 22.2. The molecule has 3 unspecified atom stereocenters. The Balaban J connectivity index is 1.81. The normalized spacial score (nSPS) is 24.5. The Kier molecular flexibility index (Phi) is 9.86. The minimum absolute atomic E-state index is 0.0703. The third-order valence-corrected chi connectivity index (χ3v) is 13.7. The zero-order valence-corrected chi connectivity index (χ0v) is 27.6. The number of aliphatic hydroxyl groups excluding tert-OH is 2. The Morgan fingerprint density at radius 2 is 1.36 bits per heavy atom. The van der Waals surface area contributed by atoms with E-state index in [4.69, 9.17) is 4.43 Å². The van der Waals surface area contributed by atoms with Crippen LogP contribution in [0.1, 0.15) is 43.9 Å². The third-order valence-electron chi connectivity index (χ3n) is 8.37. The molecule has 2 bridgehead atoms. The molecule has 2 aliphatic rings. The molecule has 2 aliphatic carbocycles. The van der Waals surface area contributed by atoms with Crippen LogP contribution in [0.4, 0.5) is 0 Å². The van der Waals surface area contributed by atoms with E-state index in [1.807, 2.05) is 0 Å². The van der Waals surface area contributed by atoms with Gasteiger partial charge in [0.1, 0.15) is 26.4 Å². The minimum atomic E-state index is -2.05. The molecule has 1 aromatic carbocycles. The summed E-state index contributed by atoms with van der Waals surface area (Å²) < 4.78 is 6.72. The van der Waals surface area contributed by atoms with Gasteiger partial charge in [0.15, 0.2) is 8.32 Å². The molecule has 3 rings (SSSR count). The molecule has 1 aromatic rings. The maximum atomic E-state index is 11.1. The maximum Gasteiger partial charge on any atom is 0.193 e. The lowest BCUT2D eigenvalue weighted by molar-refractivity contribution is 0.0498. The van der Waals surface area contributed by atoms with Crippen LogP contribution in [0.25, 0.3) is 0 Å². The third kappa shape index (κ3) is 8.47. The van der Waals surface area contributed by atoms with Crippen LogP contribution in [-0.4, -0.2) is 44.9 Å². The molecule has 0 amide bonds. The summed E-state index contributed by atoms with van der Waals surface area (Å²) in [7, 11) is -3.65. The van der Waals surface area contributed by atoms with Crippen molar-refractivity contribution >= 4 is 16.4 Å². The van der Waals surface area contributed by atoms with Gasteiger partial charge < -0.3 is 14.6 Å². The van der Waals surface area contributed by atoms with E-state index >= 15 is 0 Å². The van der Waals surface area contributed by atoms with Crippen molar-refractivity contribution in [3.05, 3.63) is 47.0 Å². The van der Waals surface area contributed by atoms with Gasteiger partial charge in [-0.1, -0.05) is 99.7 Å². The van der Waals surface area contributed by atoms with Gasteiger partial charge in [0.05, 0.1) is 0 Å². The molecule has 7 atom stereocenters. The predicted molar refractivity (Wildman–Crippen MR) is 168 cm³/mol. The Hall–Kier alpha value is -2.05. The lowest BCUT2D eigenvalue weighted by atomic mass is 9.76. The van der Waals surface area contributed by atoms with Gasteiger partial charge in [0, 0.05) is 18.3 Å². The van der Waals surface area contributed by atoms with E-state index in [1.165, 1.54) is 16.7 Å². The van der Waals surface area contributed by atoms with E-state index in [9.17, 15) is 10.2 Å². The number of benzene rings is 1. The highest BCUT2D eigenvalue weighted by atomic mass is 28.4. The van der Waals surface area contributed by atoms with Gasteiger partial charge in [-0.05, 0) is 67.6 Å². The van der Waals surface area contributed by atoms with Gasteiger partial charge in [0.25, 0.3) is 0 Å². The van der Waals surface area contributed by atoms with Crippen LogP contribution in [0, 0.1) is 72.7 Å². The number of aliphatic hydroxyl groups is 2. The summed E-state index contributed by atoms with van der Waals surface area (Å²) in [5.74, 6) is 15.6. The van der Waals surface area contributed by atoms with Gasteiger partial charge in [0.2, 0.25) is 0 Å². The Labute approximate surface area is 240 Å². The average molecular weight is 561 g/mol. The second-order valence-corrected chi connectivity index (χ2v) is 23.6. The topological polar surface area (TPSA) is 49.7 Å². The number of hydrogen-bond acceptors (Lipinski definition) is 3. The van der Waals surface area contributed by atoms with Crippen molar-refractivity contribution in [2.24, 2.45) is 23.7 Å². The molecule has 0 heterocycles. The fraction of sp³-hybridized carbons (Fsp3) is 0.588. The first-order valence-corrected chi connectivity index (χ1v) is 20.7. The number of aryl methyl sites for hydroxylation is 2. The summed E-state index contributed by atoms with van der Waals surface area (Å²) >= 11 is 0. The highest BCUT2D eigenvalue weighted by Crippen LogP contribution is 2.50. The molecule has 5 heteroatoms. The van der Waals surface area contributed by atoms with Crippen LogP contribution in [0.15, 0.2) is 30.4 Å². The second kappa shape index (κ2) is 12.2. The van der Waals surface area contributed by atoms with Crippen LogP contribution < -0.4 is 0 Å². The number of rotatable bonds is 6. The summed E-state index contributed by atoms with van der Waals surface area (Å²) in [5.41, 5.74) is 6.98. The van der Waals surface area contributed by atoms with Crippen LogP contribution in [0.2, 0.25) is 37.8 Å². The molecular formula is C34H48O3Si2. The largest absolute Gasteiger partial charge is 0.403 e. The first-order valence-electron chi connectivity index (χ1n) is 14.3. The van der Waals surface area contributed by atoms with Crippen LogP contribution in [0.3, 0.4) is 0 Å². The van der Waals surface area contributed by atoms with Crippen molar-refractivity contribution < 1.29 is 14.6 Å². The fourth-order valence-electron chi connectivity index (χ4n) is 5.55. The van der Waals surface area contributed by atoms with Gasteiger partial charge in [-0.3, -0.25) is 0 Å². The summed E-state index contributed by atoms with van der Waals surface area (Å²) in [6.45, 7) is 22.0. The van der Waals surface area contributed by atoms with Gasteiger partial charge in [-0.15, -0.1) is 5.54 Å². The van der Waals surface area contributed by atoms with Gasteiger partial charge in [-0.2, -0.15) is 0 Å². The summed E-state index contributed by atoms with van der Waals surface area (Å²) in [4.78, 5) is 0. The molecule has 3 nitrogen and oxygen atoms in total. The van der Waals surface area contributed by atoms with Crippen molar-refractivity contribution in [2.75, 3.05) is 0 Å². The lowest BCUT2D eigenvalue weighted by Gasteiger charge is -2.38. The first kappa shape index (κ1) is 31.5. The van der Waals surface area contributed by atoms with Crippen molar-refractivity contribution in [3.8, 4) is 35.1 Å². The number of allylic oxidation sites excluding steroid dienone is 2. The molecule has 0 aromatic heterocycles. The molecule has 39 heavy (non-hydrogen) atoms. The number of fused-ring (bicyclic) bond motifs is 2. The standard InChI is InChI=1S/C34H48O3Si2/c1-24-19-25(2)21-26(20-24)22-29(37-39(9,10)34(3,4)5)13-11-12-14-30(35)32-27-15-16-28(23-27)33(32)31(36)17-18-38(6,7)8/h15-16,19-21,27-33,35-36H,22-23H2,1-10H3/t27?,28-,29+,30?,31?,32-,33+/m1/s1. The van der Waals surface area contributed by atoms with E-state index in [0.717, 1.165) is 6.42 Å². The first-order chi connectivity index (χ1) is 18.0.